The molecule has 132 valence electrons. The smallest absolute Gasteiger partial charge is 0.426 e. The molecular weight excluding hydrogens is 330 g/mol. The summed E-state index contributed by atoms with van der Waals surface area (Å²) >= 11 is 5.97. The van der Waals surface area contributed by atoms with Crippen molar-refractivity contribution in [1.82, 2.24) is 10.6 Å². The third-order valence-corrected chi connectivity index (χ3v) is 3.68. The van der Waals surface area contributed by atoms with Crippen molar-refractivity contribution in [2.45, 2.75) is 45.6 Å². The van der Waals surface area contributed by atoms with Crippen LogP contribution < -0.4 is 10.6 Å². The minimum Gasteiger partial charge on any atom is -0.426 e. The number of benzene rings is 1. The molecule has 0 saturated carbocycles. The van der Waals surface area contributed by atoms with E-state index in [9.17, 15) is 19.6 Å². The molecule has 1 aromatic carbocycles. The highest BCUT2D eigenvalue weighted by molar-refractivity contribution is 6.43. The number of nitrogens with one attached hydrogen (secondary N) is 2. The molecule has 8 heteroatoms. The normalized spacial score (nSPS) is 13.3. The van der Waals surface area contributed by atoms with E-state index in [4.69, 9.17) is 11.6 Å². The second-order valence-corrected chi connectivity index (χ2v) is 6.67. The maximum Gasteiger partial charge on any atom is 0.475 e. The summed E-state index contributed by atoms with van der Waals surface area (Å²) in [5.74, 6) is -1.22. The molecule has 0 bridgehead atoms. The molecule has 0 spiro atoms. The van der Waals surface area contributed by atoms with E-state index in [0.717, 1.165) is 0 Å². The second kappa shape index (κ2) is 9.66. The highest BCUT2D eigenvalue weighted by Crippen LogP contribution is 2.21. The zero-order chi connectivity index (χ0) is 18.3. The molecule has 0 aliphatic heterocycles. The zero-order valence-electron chi connectivity index (χ0n) is 14.1. The number of amides is 2. The number of hydrogen-bond donors (Lipinski definition) is 4. The summed E-state index contributed by atoms with van der Waals surface area (Å²) in [6.45, 7) is 5.22. The van der Waals surface area contributed by atoms with Gasteiger partial charge in [0.25, 0.3) is 0 Å². The molecule has 1 rings (SSSR count). The lowest BCUT2D eigenvalue weighted by Crippen LogP contribution is -2.48. The summed E-state index contributed by atoms with van der Waals surface area (Å²) in [6.07, 6.45) is 0.409. The van der Waals surface area contributed by atoms with Crippen molar-refractivity contribution in [3.05, 3.63) is 34.9 Å². The van der Waals surface area contributed by atoms with Crippen molar-refractivity contribution in [3.8, 4) is 0 Å². The van der Waals surface area contributed by atoms with Gasteiger partial charge in [0.05, 0.1) is 18.4 Å². The fourth-order valence-electron chi connectivity index (χ4n) is 2.44. The molecule has 1 unspecified atom stereocenters. The highest BCUT2D eigenvalue weighted by atomic mass is 35.5. The fourth-order valence-corrected chi connectivity index (χ4v) is 2.63. The Kier molecular flexibility index (Phi) is 8.25. The van der Waals surface area contributed by atoms with Crippen LogP contribution in [0.4, 0.5) is 0 Å². The van der Waals surface area contributed by atoms with E-state index in [0.29, 0.717) is 17.0 Å². The van der Waals surface area contributed by atoms with Gasteiger partial charge in [-0.15, -0.1) is 0 Å². The molecule has 2 atom stereocenters. The van der Waals surface area contributed by atoms with Gasteiger partial charge in [0, 0.05) is 11.9 Å². The van der Waals surface area contributed by atoms with Crippen molar-refractivity contribution in [2.24, 2.45) is 5.92 Å². The quantitative estimate of drug-likeness (QED) is 0.531. The van der Waals surface area contributed by atoms with Crippen molar-refractivity contribution >= 4 is 30.5 Å². The fraction of sp³-hybridized carbons (Fsp3) is 0.500. The summed E-state index contributed by atoms with van der Waals surface area (Å²) in [6, 6.07) is 6.35. The molecule has 4 N–H and O–H groups in total. The lowest BCUT2D eigenvalue weighted by molar-refractivity contribution is -0.123. The second-order valence-electron chi connectivity index (χ2n) is 6.23. The largest absolute Gasteiger partial charge is 0.475 e. The first kappa shape index (κ1) is 20.5. The average molecular weight is 355 g/mol. The van der Waals surface area contributed by atoms with Crippen LogP contribution in [0.15, 0.2) is 24.3 Å². The predicted octanol–water partition coefficient (Wildman–Crippen LogP) is 1.45. The zero-order valence-corrected chi connectivity index (χ0v) is 14.9. The number of carbonyl (C=O) groups excluding carboxylic acids is 2. The summed E-state index contributed by atoms with van der Waals surface area (Å²) < 4.78 is 0. The van der Waals surface area contributed by atoms with E-state index in [1.807, 2.05) is 13.8 Å². The Morgan fingerprint density at radius 1 is 1.25 bits per heavy atom. The van der Waals surface area contributed by atoms with Gasteiger partial charge in [0.15, 0.2) is 0 Å². The van der Waals surface area contributed by atoms with Gasteiger partial charge in [-0.3, -0.25) is 9.59 Å². The van der Waals surface area contributed by atoms with Crippen LogP contribution in [0.1, 0.15) is 45.2 Å². The van der Waals surface area contributed by atoms with Crippen LogP contribution in [0.25, 0.3) is 0 Å². The standard InChI is InChI=1S/C16H24BClN2O4/c1-10(2)7-15(17(23)24)20-16(22)9-14(19-11(3)21)12-5-4-6-13(18)8-12/h4-6,8,10,14-15,23-24H,7,9H2,1-3H3,(H,19,21)(H,20,22)/t14?,15-/m0/s1. The number of hydrogen-bond acceptors (Lipinski definition) is 4. The average Bonchev–Trinajstić information content (AvgIpc) is 2.44. The molecule has 0 aliphatic carbocycles. The van der Waals surface area contributed by atoms with E-state index in [-0.39, 0.29) is 24.2 Å². The van der Waals surface area contributed by atoms with Crippen molar-refractivity contribution in [2.75, 3.05) is 0 Å². The maximum absolute atomic E-state index is 12.3. The van der Waals surface area contributed by atoms with Crippen LogP contribution >= 0.6 is 11.6 Å². The Balaban J connectivity index is 2.82. The van der Waals surface area contributed by atoms with Gasteiger partial charge in [0.1, 0.15) is 0 Å². The Morgan fingerprint density at radius 3 is 2.42 bits per heavy atom. The minimum atomic E-state index is -1.64. The Hall–Kier alpha value is -1.57. The van der Waals surface area contributed by atoms with Crippen molar-refractivity contribution in [1.29, 1.82) is 0 Å². The molecule has 0 radical (unpaired) electrons. The van der Waals surface area contributed by atoms with Gasteiger partial charge in [-0.2, -0.15) is 0 Å². The summed E-state index contributed by atoms with van der Waals surface area (Å²) in [5.41, 5.74) is 0.706. The molecule has 0 fully saturated rings. The van der Waals surface area contributed by atoms with Gasteiger partial charge in [-0.1, -0.05) is 37.6 Å². The minimum absolute atomic E-state index is 0.0266. The molecular formula is C16H24BClN2O4. The summed E-state index contributed by atoms with van der Waals surface area (Å²) in [4.78, 5) is 23.7. The molecule has 6 nitrogen and oxygen atoms in total. The first-order chi connectivity index (χ1) is 11.2. The van der Waals surface area contributed by atoms with Gasteiger partial charge in [-0.25, -0.2) is 0 Å². The molecule has 0 aliphatic rings. The predicted molar refractivity (Wildman–Crippen MR) is 94.2 cm³/mol. The van der Waals surface area contributed by atoms with Crippen LogP contribution in [0, 0.1) is 5.92 Å². The number of halogens is 1. The highest BCUT2D eigenvalue weighted by Gasteiger charge is 2.27. The van der Waals surface area contributed by atoms with E-state index in [2.05, 4.69) is 10.6 Å². The van der Waals surface area contributed by atoms with E-state index < -0.39 is 19.1 Å². The lowest BCUT2D eigenvalue weighted by Gasteiger charge is -2.22. The van der Waals surface area contributed by atoms with Crippen LogP contribution in [0.3, 0.4) is 0 Å². The van der Waals surface area contributed by atoms with Gasteiger partial charge in [0.2, 0.25) is 11.8 Å². The van der Waals surface area contributed by atoms with Crippen molar-refractivity contribution < 1.29 is 19.6 Å². The lowest BCUT2D eigenvalue weighted by atomic mass is 9.75. The van der Waals surface area contributed by atoms with E-state index >= 15 is 0 Å². The monoisotopic (exact) mass is 354 g/mol. The Morgan fingerprint density at radius 2 is 1.92 bits per heavy atom. The van der Waals surface area contributed by atoms with E-state index in [1.54, 1.807) is 24.3 Å². The SMILES string of the molecule is CC(=O)NC(CC(=O)N[C@@H](CC(C)C)B(O)O)c1cccc(Cl)c1. The van der Waals surface area contributed by atoms with Crippen LogP contribution in [0.5, 0.6) is 0 Å². The van der Waals surface area contributed by atoms with Crippen molar-refractivity contribution in [3.63, 3.8) is 0 Å². The third kappa shape index (κ3) is 7.34. The molecule has 0 aromatic heterocycles. The number of rotatable bonds is 8. The topological polar surface area (TPSA) is 98.7 Å². The maximum atomic E-state index is 12.3. The van der Waals surface area contributed by atoms with Gasteiger partial charge in [-0.05, 0) is 30.0 Å². The van der Waals surface area contributed by atoms with Gasteiger partial charge >= 0.3 is 7.12 Å². The first-order valence-electron chi connectivity index (χ1n) is 7.87. The molecule has 24 heavy (non-hydrogen) atoms. The van der Waals surface area contributed by atoms with Gasteiger partial charge < -0.3 is 20.7 Å². The number of carbonyl (C=O) groups is 2. The van der Waals surface area contributed by atoms with Crippen LogP contribution in [0.2, 0.25) is 5.02 Å². The first-order valence-corrected chi connectivity index (χ1v) is 8.25. The Labute approximate surface area is 147 Å². The molecule has 2 amide bonds. The third-order valence-electron chi connectivity index (χ3n) is 3.45. The Bertz CT molecular complexity index is 569. The summed E-state index contributed by atoms with van der Waals surface area (Å²) in [5, 5.41) is 24.6. The van der Waals surface area contributed by atoms with Crippen LogP contribution in [-0.4, -0.2) is 34.9 Å². The van der Waals surface area contributed by atoms with E-state index in [1.165, 1.54) is 6.92 Å². The molecule has 0 heterocycles. The summed E-state index contributed by atoms with van der Waals surface area (Å²) in [7, 11) is -1.64. The molecule has 0 saturated heterocycles. The van der Waals surface area contributed by atoms with Crippen LogP contribution in [-0.2, 0) is 9.59 Å². The molecule has 1 aromatic rings.